The van der Waals surface area contributed by atoms with Gasteiger partial charge in [-0.3, -0.25) is 4.79 Å². The van der Waals surface area contributed by atoms with Gasteiger partial charge < -0.3 is 4.98 Å². The number of benzene rings is 1. The fourth-order valence-corrected chi connectivity index (χ4v) is 2.04. The van der Waals surface area contributed by atoms with Crippen LogP contribution in [0.1, 0.15) is 47.9 Å². The molecule has 3 heteroatoms. The zero-order chi connectivity index (χ0) is 12.8. The maximum absolute atomic E-state index is 12.3. The average Bonchev–Trinajstić information content (AvgIpc) is 2.93. The first-order valence-corrected chi connectivity index (χ1v) is 6.45. The van der Waals surface area contributed by atoms with E-state index in [0.717, 1.165) is 24.0 Å². The van der Waals surface area contributed by atoms with Gasteiger partial charge in [0.25, 0.3) is 0 Å². The molecule has 1 aromatic carbocycles. The van der Waals surface area contributed by atoms with Crippen molar-refractivity contribution in [1.82, 2.24) is 9.97 Å². The Kier molecular flexibility index (Phi) is 4.29. The van der Waals surface area contributed by atoms with Crippen LogP contribution >= 0.6 is 0 Å². The van der Waals surface area contributed by atoms with Crippen LogP contribution in [0.5, 0.6) is 0 Å². The fraction of sp³-hybridized carbons (Fsp3) is 0.333. The van der Waals surface area contributed by atoms with Gasteiger partial charge in [0.2, 0.25) is 5.78 Å². The number of hydrogen-bond donors (Lipinski definition) is 1. The summed E-state index contributed by atoms with van der Waals surface area (Å²) in [5.74, 6) is 0.394. The Labute approximate surface area is 107 Å². The second-order valence-electron chi connectivity index (χ2n) is 4.38. The molecule has 1 N–H and O–H groups in total. The molecule has 0 bridgehead atoms. The Bertz CT molecular complexity index is 503. The fourth-order valence-electron chi connectivity index (χ4n) is 2.04. The number of nitrogens with one attached hydrogen (secondary N) is 1. The molecular formula is C15H18N2O. The summed E-state index contributed by atoms with van der Waals surface area (Å²) in [7, 11) is 0. The zero-order valence-electron chi connectivity index (χ0n) is 10.6. The molecule has 1 aromatic heterocycles. The SMILES string of the molecule is CCCCCc1ccccc1C(=O)c1ncc[nH]1. The molecule has 0 fully saturated rings. The summed E-state index contributed by atoms with van der Waals surface area (Å²) in [6.45, 7) is 2.18. The van der Waals surface area contributed by atoms with Gasteiger partial charge in [-0.15, -0.1) is 0 Å². The van der Waals surface area contributed by atoms with E-state index in [1.54, 1.807) is 12.4 Å². The minimum atomic E-state index is -0.0212. The van der Waals surface area contributed by atoms with Crippen molar-refractivity contribution in [2.45, 2.75) is 32.6 Å². The van der Waals surface area contributed by atoms with Gasteiger partial charge in [-0.2, -0.15) is 0 Å². The van der Waals surface area contributed by atoms with E-state index in [-0.39, 0.29) is 5.78 Å². The van der Waals surface area contributed by atoms with Gasteiger partial charge in [0, 0.05) is 18.0 Å². The normalized spacial score (nSPS) is 10.5. The van der Waals surface area contributed by atoms with E-state index in [1.807, 2.05) is 24.3 Å². The molecule has 18 heavy (non-hydrogen) atoms. The lowest BCUT2D eigenvalue weighted by atomic mass is 9.98. The van der Waals surface area contributed by atoms with Crippen molar-refractivity contribution in [3.8, 4) is 0 Å². The first kappa shape index (κ1) is 12.6. The average molecular weight is 242 g/mol. The van der Waals surface area contributed by atoms with Crippen molar-refractivity contribution < 1.29 is 4.79 Å². The van der Waals surface area contributed by atoms with E-state index in [4.69, 9.17) is 0 Å². The number of aromatic nitrogens is 2. The van der Waals surface area contributed by atoms with E-state index < -0.39 is 0 Å². The Morgan fingerprint density at radius 1 is 1.28 bits per heavy atom. The summed E-state index contributed by atoms with van der Waals surface area (Å²) in [5.41, 5.74) is 1.89. The molecule has 0 atom stereocenters. The van der Waals surface area contributed by atoms with E-state index >= 15 is 0 Å². The number of imidazole rings is 1. The lowest BCUT2D eigenvalue weighted by Gasteiger charge is -2.07. The third kappa shape index (κ3) is 2.86. The van der Waals surface area contributed by atoms with Gasteiger partial charge in [0.05, 0.1) is 0 Å². The maximum atomic E-state index is 12.3. The summed E-state index contributed by atoms with van der Waals surface area (Å²) >= 11 is 0. The van der Waals surface area contributed by atoms with E-state index in [0.29, 0.717) is 5.82 Å². The number of hydrogen-bond acceptors (Lipinski definition) is 2. The van der Waals surface area contributed by atoms with Crippen LogP contribution in [0.15, 0.2) is 36.7 Å². The van der Waals surface area contributed by atoms with Crippen molar-refractivity contribution in [2.75, 3.05) is 0 Å². The lowest BCUT2D eigenvalue weighted by Crippen LogP contribution is -2.07. The smallest absolute Gasteiger partial charge is 0.228 e. The first-order valence-electron chi connectivity index (χ1n) is 6.45. The van der Waals surface area contributed by atoms with Gasteiger partial charge in [-0.25, -0.2) is 4.98 Å². The van der Waals surface area contributed by atoms with Crippen LogP contribution in [0.2, 0.25) is 0 Å². The third-order valence-electron chi connectivity index (χ3n) is 3.02. The second kappa shape index (κ2) is 6.15. The molecule has 0 saturated heterocycles. The molecule has 0 saturated carbocycles. The molecule has 1 heterocycles. The number of aromatic amines is 1. The Hall–Kier alpha value is -1.90. The predicted octanol–water partition coefficient (Wildman–Crippen LogP) is 3.37. The molecule has 0 aliphatic rings. The maximum Gasteiger partial charge on any atom is 0.228 e. The lowest BCUT2D eigenvalue weighted by molar-refractivity contribution is 0.102. The minimum Gasteiger partial charge on any atom is -0.342 e. The van der Waals surface area contributed by atoms with Crippen LogP contribution in [-0.4, -0.2) is 15.8 Å². The summed E-state index contributed by atoms with van der Waals surface area (Å²) in [5, 5.41) is 0. The van der Waals surface area contributed by atoms with Gasteiger partial charge in [0.1, 0.15) is 0 Å². The molecule has 0 spiro atoms. The van der Waals surface area contributed by atoms with Crippen molar-refractivity contribution >= 4 is 5.78 Å². The number of H-pyrrole nitrogens is 1. The number of unbranched alkanes of at least 4 members (excludes halogenated alkanes) is 2. The van der Waals surface area contributed by atoms with Crippen LogP contribution in [0.3, 0.4) is 0 Å². The minimum absolute atomic E-state index is 0.0212. The van der Waals surface area contributed by atoms with Crippen molar-refractivity contribution in [2.24, 2.45) is 0 Å². The molecule has 3 nitrogen and oxygen atoms in total. The van der Waals surface area contributed by atoms with Crippen molar-refractivity contribution in [1.29, 1.82) is 0 Å². The zero-order valence-corrected chi connectivity index (χ0v) is 10.6. The predicted molar refractivity (Wildman–Crippen MR) is 71.7 cm³/mol. The monoisotopic (exact) mass is 242 g/mol. The van der Waals surface area contributed by atoms with Gasteiger partial charge >= 0.3 is 0 Å². The summed E-state index contributed by atoms with van der Waals surface area (Å²) < 4.78 is 0. The van der Waals surface area contributed by atoms with E-state index in [1.165, 1.54) is 12.8 Å². The highest BCUT2D eigenvalue weighted by Crippen LogP contribution is 2.15. The van der Waals surface area contributed by atoms with Crippen molar-refractivity contribution in [3.63, 3.8) is 0 Å². The van der Waals surface area contributed by atoms with Crippen LogP contribution in [-0.2, 0) is 6.42 Å². The summed E-state index contributed by atoms with van der Waals surface area (Å²) in [4.78, 5) is 19.2. The highest BCUT2D eigenvalue weighted by atomic mass is 16.1. The molecule has 0 aliphatic heterocycles. The Morgan fingerprint density at radius 2 is 2.11 bits per heavy atom. The van der Waals surface area contributed by atoms with Gasteiger partial charge in [-0.05, 0) is 18.4 Å². The number of ketones is 1. The molecule has 2 aromatic rings. The topological polar surface area (TPSA) is 45.8 Å². The van der Waals surface area contributed by atoms with Crippen LogP contribution in [0.4, 0.5) is 0 Å². The summed E-state index contributed by atoms with van der Waals surface area (Å²) in [6, 6.07) is 7.80. The van der Waals surface area contributed by atoms with E-state index in [2.05, 4.69) is 16.9 Å². The number of carbonyl (C=O) groups is 1. The number of nitrogens with zero attached hydrogens (tertiary/aromatic N) is 1. The molecule has 0 aliphatic carbocycles. The molecule has 0 radical (unpaired) electrons. The van der Waals surface area contributed by atoms with Crippen molar-refractivity contribution in [3.05, 3.63) is 53.6 Å². The van der Waals surface area contributed by atoms with E-state index in [9.17, 15) is 4.79 Å². The number of carbonyl (C=O) groups excluding carboxylic acids is 1. The Morgan fingerprint density at radius 3 is 2.83 bits per heavy atom. The number of aryl methyl sites for hydroxylation is 1. The highest BCUT2D eigenvalue weighted by molar-refractivity contribution is 6.07. The molecule has 0 amide bonds. The second-order valence-corrected chi connectivity index (χ2v) is 4.38. The standard InChI is InChI=1S/C15H18N2O/c1-2-3-4-7-12-8-5-6-9-13(12)14(18)15-16-10-11-17-15/h5-6,8-11H,2-4,7H2,1H3,(H,16,17). The highest BCUT2D eigenvalue weighted by Gasteiger charge is 2.14. The molecule has 94 valence electrons. The third-order valence-corrected chi connectivity index (χ3v) is 3.02. The molecule has 0 unspecified atom stereocenters. The van der Waals surface area contributed by atoms with Crippen LogP contribution in [0.25, 0.3) is 0 Å². The molecule has 2 rings (SSSR count). The first-order chi connectivity index (χ1) is 8.83. The van der Waals surface area contributed by atoms with Gasteiger partial charge in [-0.1, -0.05) is 44.0 Å². The van der Waals surface area contributed by atoms with Gasteiger partial charge in [0.15, 0.2) is 5.82 Å². The summed E-state index contributed by atoms with van der Waals surface area (Å²) in [6.07, 6.45) is 7.74. The number of rotatable bonds is 6. The van der Waals surface area contributed by atoms with Crippen LogP contribution in [0, 0.1) is 0 Å². The quantitative estimate of drug-likeness (QED) is 0.623. The Balaban J connectivity index is 2.19. The van der Waals surface area contributed by atoms with Crippen LogP contribution < -0.4 is 0 Å². The largest absolute Gasteiger partial charge is 0.342 e. The molecular weight excluding hydrogens is 224 g/mol.